The highest BCUT2D eigenvalue weighted by Gasteiger charge is 2.46. The van der Waals surface area contributed by atoms with Crippen molar-refractivity contribution in [3.8, 4) is 0 Å². The Hall–Kier alpha value is -3.17. The molecule has 12 nitrogen and oxygen atoms in total. The summed E-state index contributed by atoms with van der Waals surface area (Å²) in [6, 6.07) is 0. The van der Waals surface area contributed by atoms with Crippen molar-refractivity contribution in [2.45, 2.75) is 179 Å². The van der Waals surface area contributed by atoms with Crippen molar-refractivity contribution in [3.05, 3.63) is 85.1 Å². The Labute approximate surface area is 360 Å². The van der Waals surface area contributed by atoms with Crippen molar-refractivity contribution >= 4 is 22.1 Å². The van der Waals surface area contributed by atoms with E-state index in [2.05, 4.69) is 62.5 Å². The zero-order chi connectivity index (χ0) is 44.1. The number of ether oxygens (including phenoxy) is 4. The van der Waals surface area contributed by atoms with Crippen molar-refractivity contribution in [2.75, 3.05) is 19.0 Å². The summed E-state index contributed by atoms with van der Waals surface area (Å²) >= 11 is 0. The summed E-state index contributed by atoms with van der Waals surface area (Å²) in [5, 5.41) is 30.9. The SMILES string of the molecule is CC/C=C/C=C/C=C/C=C/CCCCCCCC(=O)OC[C@H](CO[C@H]1O[C@H](CS(=O)(=O)O)[C@@H](O)C(O)C1O)OC(=O)CCCCCC/C=C/C/C=C/C/C=C/CCCCC. The Morgan fingerprint density at radius 3 is 1.72 bits per heavy atom. The number of carbonyl (C=O) groups excluding carboxylic acids is 2. The van der Waals surface area contributed by atoms with E-state index in [-0.39, 0.29) is 19.4 Å². The molecule has 0 saturated carbocycles. The lowest BCUT2D eigenvalue weighted by molar-refractivity contribution is -0.297. The van der Waals surface area contributed by atoms with Crippen LogP contribution in [0.2, 0.25) is 0 Å². The normalized spacial score (nSPS) is 20.9. The summed E-state index contributed by atoms with van der Waals surface area (Å²) in [5.74, 6) is -2.06. The van der Waals surface area contributed by atoms with Crippen LogP contribution in [0.25, 0.3) is 0 Å². The standard InChI is InChI=1S/C47H76O12S/c1-3-5-7-9-11-13-15-17-19-20-22-24-26-28-30-32-34-36-43(49)58-40(38-57-47-46(52)45(51)44(50)41(59-47)39-60(53,54)55)37-56-42(48)35-33-31-29-27-25-23-21-18-16-14-12-10-8-6-4-2/h6,8,10-14,16-19,21-22,24,40-41,44-47,50-52H,3-5,7,9,15,20,23,25-39H2,1-2H3,(H,53,54,55)/b8-6+,12-10+,13-11+,16-14+,19-17+,21-18+,24-22+/t40-,41-,44-,45?,46?,47+/m1/s1. The molecule has 1 saturated heterocycles. The second kappa shape index (κ2) is 36.5. The van der Waals surface area contributed by atoms with Gasteiger partial charge in [0.15, 0.2) is 12.4 Å². The van der Waals surface area contributed by atoms with Crippen LogP contribution in [-0.2, 0) is 38.7 Å². The molecule has 1 aliphatic rings. The van der Waals surface area contributed by atoms with E-state index in [1.807, 2.05) is 36.5 Å². The third-order valence-corrected chi connectivity index (χ3v) is 10.3. The van der Waals surface area contributed by atoms with E-state index < -0.39 is 71.2 Å². The molecule has 1 rings (SSSR count). The average molecular weight is 865 g/mol. The maximum Gasteiger partial charge on any atom is 0.306 e. The average Bonchev–Trinajstić information content (AvgIpc) is 3.21. The zero-order valence-electron chi connectivity index (χ0n) is 36.3. The monoisotopic (exact) mass is 865 g/mol. The van der Waals surface area contributed by atoms with Crippen molar-refractivity contribution < 1.29 is 56.8 Å². The van der Waals surface area contributed by atoms with Crippen LogP contribution in [0.5, 0.6) is 0 Å². The second-order valence-electron chi connectivity index (χ2n) is 15.1. The van der Waals surface area contributed by atoms with E-state index in [0.29, 0.717) is 12.8 Å². The predicted molar refractivity (Wildman–Crippen MR) is 238 cm³/mol. The quantitative estimate of drug-likeness (QED) is 0.0156. The fraction of sp³-hybridized carbons (Fsp3) is 0.660. The maximum atomic E-state index is 12.8. The summed E-state index contributed by atoms with van der Waals surface area (Å²) < 4.78 is 54.0. The van der Waals surface area contributed by atoms with Crippen LogP contribution in [0.15, 0.2) is 85.1 Å². The molecule has 2 unspecified atom stereocenters. The van der Waals surface area contributed by atoms with Crippen molar-refractivity contribution in [1.82, 2.24) is 0 Å². The lowest BCUT2D eigenvalue weighted by Gasteiger charge is -2.40. The van der Waals surface area contributed by atoms with E-state index in [9.17, 15) is 37.9 Å². The van der Waals surface area contributed by atoms with Gasteiger partial charge in [-0.2, -0.15) is 8.42 Å². The minimum absolute atomic E-state index is 0.128. The molecule has 1 fully saturated rings. The summed E-state index contributed by atoms with van der Waals surface area (Å²) in [7, 11) is -4.61. The van der Waals surface area contributed by atoms with E-state index in [0.717, 1.165) is 83.5 Å². The molecule has 342 valence electrons. The summed E-state index contributed by atoms with van der Waals surface area (Å²) in [6.07, 6.45) is 37.6. The Kier molecular flexibility index (Phi) is 33.3. The van der Waals surface area contributed by atoms with Crippen LogP contribution < -0.4 is 0 Å². The minimum atomic E-state index is -4.61. The third-order valence-electron chi connectivity index (χ3n) is 9.55. The molecule has 0 radical (unpaired) electrons. The Balaban J connectivity index is 2.50. The van der Waals surface area contributed by atoms with E-state index in [1.165, 1.54) is 19.3 Å². The molecule has 0 aromatic heterocycles. The molecule has 4 N–H and O–H groups in total. The van der Waals surface area contributed by atoms with Crippen LogP contribution in [0.4, 0.5) is 0 Å². The molecule has 0 bridgehead atoms. The van der Waals surface area contributed by atoms with Gasteiger partial charge in [-0.15, -0.1) is 0 Å². The first-order valence-corrected chi connectivity index (χ1v) is 23.8. The van der Waals surface area contributed by atoms with Crippen molar-refractivity contribution in [3.63, 3.8) is 0 Å². The van der Waals surface area contributed by atoms with Crippen LogP contribution in [0.1, 0.15) is 142 Å². The molecular formula is C47H76O12S. The van der Waals surface area contributed by atoms with E-state index >= 15 is 0 Å². The Morgan fingerprint density at radius 2 is 1.12 bits per heavy atom. The molecule has 1 aliphatic heterocycles. The molecule has 0 amide bonds. The number of hydrogen-bond donors (Lipinski definition) is 4. The molecule has 60 heavy (non-hydrogen) atoms. The van der Waals surface area contributed by atoms with Crippen molar-refractivity contribution in [1.29, 1.82) is 0 Å². The van der Waals surface area contributed by atoms with Gasteiger partial charge in [0.2, 0.25) is 0 Å². The first-order valence-electron chi connectivity index (χ1n) is 22.2. The Morgan fingerprint density at radius 1 is 0.600 bits per heavy atom. The van der Waals surface area contributed by atoms with Gasteiger partial charge in [-0.3, -0.25) is 14.1 Å². The number of unbranched alkanes of at least 4 members (excludes halogenated alkanes) is 12. The summed E-state index contributed by atoms with van der Waals surface area (Å²) in [6.45, 7) is 3.53. The summed E-state index contributed by atoms with van der Waals surface area (Å²) in [4.78, 5) is 25.4. The molecule has 0 aromatic rings. The predicted octanol–water partition coefficient (Wildman–Crippen LogP) is 8.89. The lowest BCUT2D eigenvalue weighted by atomic mass is 10.00. The number of esters is 2. The number of aliphatic hydroxyl groups excluding tert-OH is 3. The highest BCUT2D eigenvalue weighted by atomic mass is 32.2. The van der Waals surface area contributed by atoms with Gasteiger partial charge in [0.05, 0.1) is 6.61 Å². The molecule has 1 heterocycles. The number of allylic oxidation sites excluding steroid dienone is 14. The molecule has 0 aliphatic carbocycles. The van der Waals surface area contributed by atoms with Gasteiger partial charge < -0.3 is 34.3 Å². The minimum Gasteiger partial charge on any atom is -0.462 e. The molecule has 13 heteroatoms. The number of carbonyl (C=O) groups is 2. The van der Waals surface area contributed by atoms with Gasteiger partial charge in [0.1, 0.15) is 36.8 Å². The number of rotatable bonds is 35. The van der Waals surface area contributed by atoms with Gasteiger partial charge in [0.25, 0.3) is 10.1 Å². The van der Waals surface area contributed by atoms with E-state index in [1.54, 1.807) is 0 Å². The maximum absolute atomic E-state index is 12.8. The van der Waals surface area contributed by atoms with Crippen LogP contribution in [0.3, 0.4) is 0 Å². The smallest absolute Gasteiger partial charge is 0.306 e. The third kappa shape index (κ3) is 30.8. The van der Waals surface area contributed by atoms with Gasteiger partial charge >= 0.3 is 11.9 Å². The van der Waals surface area contributed by atoms with Gasteiger partial charge in [-0.25, -0.2) is 0 Å². The van der Waals surface area contributed by atoms with Crippen LogP contribution >= 0.6 is 0 Å². The fourth-order valence-corrected chi connectivity index (χ4v) is 6.79. The lowest BCUT2D eigenvalue weighted by Crippen LogP contribution is -2.60. The molecule has 6 atom stereocenters. The first kappa shape index (κ1) is 54.8. The van der Waals surface area contributed by atoms with Gasteiger partial charge in [-0.1, -0.05) is 144 Å². The first-order chi connectivity index (χ1) is 29.0. The van der Waals surface area contributed by atoms with Crippen LogP contribution in [0, 0.1) is 0 Å². The molecule has 0 spiro atoms. The topological polar surface area (TPSA) is 186 Å². The molecular weight excluding hydrogens is 789 g/mol. The second-order valence-corrected chi connectivity index (χ2v) is 16.6. The van der Waals surface area contributed by atoms with Crippen LogP contribution in [-0.4, -0.2) is 96.0 Å². The highest BCUT2D eigenvalue weighted by molar-refractivity contribution is 7.85. The van der Waals surface area contributed by atoms with Gasteiger partial charge in [-0.05, 0) is 70.6 Å². The number of hydrogen-bond acceptors (Lipinski definition) is 11. The van der Waals surface area contributed by atoms with E-state index in [4.69, 9.17) is 18.9 Å². The fourth-order valence-electron chi connectivity index (χ4n) is 6.10. The zero-order valence-corrected chi connectivity index (χ0v) is 37.1. The molecule has 0 aromatic carbocycles. The highest BCUT2D eigenvalue weighted by Crippen LogP contribution is 2.24. The largest absolute Gasteiger partial charge is 0.462 e. The van der Waals surface area contributed by atoms with Crippen molar-refractivity contribution in [2.24, 2.45) is 0 Å². The summed E-state index contributed by atoms with van der Waals surface area (Å²) in [5.41, 5.74) is 0. The Bertz CT molecular complexity index is 1430. The number of aliphatic hydroxyl groups is 3. The van der Waals surface area contributed by atoms with Gasteiger partial charge in [0, 0.05) is 12.8 Å².